The van der Waals surface area contributed by atoms with Crippen LogP contribution < -0.4 is 10.6 Å². The molecule has 0 bridgehead atoms. The number of nitrogens with one attached hydrogen (secondary N) is 2. The van der Waals surface area contributed by atoms with Crippen molar-refractivity contribution in [2.75, 3.05) is 32.4 Å². The van der Waals surface area contributed by atoms with E-state index in [1.165, 1.54) is 51.6 Å². The van der Waals surface area contributed by atoms with E-state index >= 15 is 0 Å². The van der Waals surface area contributed by atoms with Crippen LogP contribution >= 0.6 is 11.8 Å². The fraction of sp³-hybridized carbons (Fsp3) is 0.941. The Morgan fingerprint density at radius 1 is 1.23 bits per heavy atom. The zero-order valence-electron chi connectivity index (χ0n) is 14.2. The average Bonchev–Trinajstić information content (AvgIpc) is 3.10. The highest BCUT2D eigenvalue weighted by Gasteiger charge is 2.34. The SMILES string of the molecule is CCNC(=NCC1CCN(C2CC2)C1)NC1CCC(SC)C1. The van der Waals surface area contributed by atoms with Gasteiger partial charge in [0.2, 0.25) is 0 Å². The van der Waals surface area contributed by atoms with E-state index in [1.807, 2.05) is 11.8 Å². The predicted molar refractivity (Wildman–Crippen MR) is 96.8 cm³/mol. The zero-order valence-corrected chi connectivity index (χ0v) is 15.0. The molecule has 22 heavy (non-hydrogen) atoms. The van der Waals surface area contributed by atoms with Gasteiger partial charge in [0.25, 0.3) is 0 Å². The molecule has 126 valence electrons. The van der Waals surface area contributed by atoms with E-state index in [2.05, 4.69) is 28.7 Å². The Morgan fingerprint density at radius 3 is 2.77 bits per heavy atom. The molecular weight excluding hydrogens is 292 g/mol. The van der Waals surface area contributed by atoms with Crippen molar-refractivity contribution < 1.29 is 0 Å². The van der Waals surface area contributed by atoms with Crippen molar-refractivity contribution in [3.63, 3.8) is 0 Å². The van der Waals surface area contributed by atoms with Crippen molar-refractivity contribution in [3.05, 3.63) is 0 Å². The predicted octanol–water partition coefficient (Wildman–Crippen LogP) is 2.31. The van der Waals surface area contributed by atoms with Gasteiger partial charge in [0, 0.05) is 37.0 Å². The fourth-order valence-corrected chi connectivity index (χ4v) is 4.60. The largest absolute Gasteiger partial charge is 0.357 e. The summed E-state index contributed by atoms with van der Waals surface area (Å²) in [6, 6.07) is 1.53. The molecule has 0 amide bonds. The molecule has 2 aliphatic carbocycles. The van der Waals surface area contributed by atoms with Gasteiger partial charge in [0.05, 0.1) is 0 Å². The lowest BCUT2D eigenvalue weighted by molar-refractivity contribution is 0.315. The first-order valence-electron chi connectivity index (χ1n) is 9.10. The molecule has 1 saturated heterocycles. The molecule has 1 aliphatic heterocycles. The summed E-state index contributed by atoms with van der Waals surface area (Å²) in [5.41, 5.74) is 0. The van der Waals surface area contributed by atoms with Crippen molar-refractivity contribution in [3.8, 4) is 0 Å². The first kappa shape index (κ1) is 16.4. The van der Waals surface area contributed by atoms with Crippen molar-refractivity contribution >= 4 is 17.7 Å². The first-order valence-corrected chi connectivity index (χ1v) is 10.4. The number of thioether (sulfide) groups is 1. The molecule has 0 aromatic rings. The lowest BCUT2D eigenvalue weighted by Gasteiger charge is -2.18. The molecule has 0 aromatic carbocycles. The van der Waals surface area contributed by atoms with Gasteiger partial charge < -0.3 is 15.5 Å². The molecule has 0 radical (unpaired) electrons. The lowest BCUT2D eigenvalue weighted by atomic mass is 10.1. The Hall–Kier alpha value is -0.420. The third-order valence-corrected chi connectivity index (χ3v) is 6.39. The lowest BCUT2D eigenvalue weighted by Crippen LogP contribution is -2.43. The monoisotopic (exact) mass is 324 g/mol. The summed E-state index contributed by atoms with van der Waals surface area (Å²) in [6.45, 7) is 6.65. The second kappa shape index (κ2) is 7.91. The number of nitrogens with zero attached hydrogens (tertiary/aromatic N) is 2. The average molecular weight is 325 g/mol. The molecule has 3 aliphatic rings. The summed E-state index contributed by atoms with van der Waals surface area (Å²) in [5.74, 6) is 1.80. The molecule has 3 rings (SSSR count). The fourth-order valence-electron chi connectivity index (χ4n) is 3.80. The van der Waals surface area contributed by atoms with Gasteiger partial charge in [-0.1, -0.05) is 0 Å². The smallest absolute Gasteiger partial charge is 0.191 e. The number of likely N-dealkylation sites (tertiary alicyclic amines) is 1. The Morgan fingerprint density at radius 2 is 2.09 bits per heavy atom. The molecule has 3 unspecified atom stereocenters. The number of hydrogen-bond donors (Lipinski definition) is 2. The number of aliphatic imine (C=N–C) groups is 1. The van der Waals surface area contributed by atoms with E-state index < -0.39 is 0 Å². The third-order valence-electron chi connectivity index (χ3n) is 5.29. The topological polar surface area (TPSA) is 39.7 Å². The third kappa shape index (κ3) is 4.54. The van der Waals surface area contributed by atoms with Crippen LogP contribution in [0, 0.1) is 5.92 Å². The van der Waals surface area contributed by atoms with Crippen molar-refractivity contribution in [1.82, 2.24) is 15.5 Å². The van der Waals surface area contributed by atoms with Crippen LogP contribution in [0.15, 0.2) is 4.99 Å². The van der Waals surface area contributed by atoms with Gasteiger partial charge in [-0.15, -0.1) is 0 Å². The maximum absolute atomic E-state index is 4.88. The summed E-state index contributed by atoms with van der Waals surface area (Å²) >= 11 is 2.01. The van der Waals surface area contributed by atoms with Gasteiger partial charge >= 0.3 is 0 Å². The molecular formula is C17H32N4S. The first-order chi connectivity index (χ1) is 10.8. The summed E-state index contributed by atoms with van der Waals surface area (Å²) in [5, 5.41) is 7.93. The van der Waals surface area contributed by atoms with Crippen LogP contribution in [0.3, 0.4) is 0 Å². The Bertz CT molecular complexity index is 383. The zero-order chi connectivity index (χ0) is 15.4. The van der Waals surface area contributed by atoms with E-state index in [-0.39, 0.29) is 0 Å². The highest BCUT2D eigenvalue weighted by atomic mass is 32.2. The summed E-state index contributed by atoms with van der Waals surface area (Å²) in [7, 11) is 0. The van der Waals surface area contributed by atoms with Crippen LogP contribution in [0.4, 0.5) is 0 Å². The standard InChI is InChI=1S/C17H32N4S/c1-3-18-17(20-14-4-7-16(10-14)22-2)19-11-13-8-9-21(12-13)15-5-6-15/h13-16H,3-12H2,1-2H3,(H2,18,19,20). The van der Waals surface area contributed by atoms with Gasteiger partial charge in [-0.2, -0.15) is 11.8 Å². The second-order valence-electron chi connectivity index (χ2n) is 7.11. The molecule has 0 aromatic heterocycles. The molecule has 2 saturated carbocycles. The Labute approximate surface area is 139 Å². The van der Waals surface area contributed by atoms with E-state index in [0.717, 1.165) is 36.3 Å². The van der Waals surface area contributed by atoms with Crippen LogP contribution in [-0.2, 0) is 0 Å². The Balaban J connectivity index is 1.45. The second-order valence-corrected chi connectivity index (χ2v) is 8.25. The number of hydrogen-bond acceptors (Lipinski definition) is 3. The molecule has 2 N–H and O–H groups in total. The molecule has 3 atom stereocenters. The molecule has 1 heterocycles. The van der Waals surface area contributed by atoms with E-state index in [4.69, 9.17) is 4.99 Å². The van der Waals surface area contributed by atoms with E-state index in [9.17, 15) is 0 Å². The van der Waals surface area contributed by atoms with E-state index in [1.54, 1.807) is 0 Å². The minimum atomic E-state index is 0.613. The van der Waals surface area contributed by atoms with Gasteiger partial charge in [-0.3, -0.25) is 4.99 Å². The normalized spacial score (nSPS) is 33.4. The van der Waals surface area contributed by atoms with Crippen LogP contribution in [0.5, 0.6) is 0 Å². The van der Waals surface area contributed by atoms with Crippen molar-refractivity contribution in [2.24, 2.45) is 10.9 Å². The van der Waals surface area contributed by atoms with Gasteiger partial charge in [-0.05, 0) is 64.2 Å². The molecule has 4 nitrogen and oxygen atoms in total. The molecule has 3 fully saturated rings. The van der Waals surface area contributed by atoms with Crippen LogP contribution in [-0.4, -0.2) is 60.6 Å². The quantitative estimate of drug-likeness (QED) is 0.581. The van der Waals surface area contributed by atoms with E-state index in [0.29, 0.717) is 6.04 Å². The van der Waals surface area contributed by atoms with Crippen LogP contribution in [0.2, 0.25) is 0 Å². The van der Waals surface area contributed by atoms with Crippen LogP contribution in [0.1, 0.15) is 45.4 Å². The summed E-state index contributed by atoms with van der Waals surface area (Å²) in [6.07, 6.45) is 10.3. The molecule has 5 heteroatoms. The van der Waals surface area contributed by atoms with Gasteiger partial charge in [-0.25, -0.2) is 0 Å². The van der Waals surface area contributed by atoms with Crippen LogP contribution in [0.25, 0.3) is 0 Å². The Kier molecular flexibility index (Phi) is 5.91. The molecule has 0 spiro atoms. The highest BCUT2D eigenvalue weighted by molar-refractivity contribution is 7.99. The number of rotatable bonds is 6. The maximum Gasteiger partial charge on any atom is 0.191 e. The highest BCUT2D eigenvalue weighted by Crippen LogP contribution is 2.31. The minimum Gasteiger partial charge on any atom is -0.357 e. The minimum absolute atomic E-state index is 0.613. The number of guanidine groups is 1. The maximum atomic E-state index is 4.88. The van der Waals surface area contributed by atoms with Gasteiger partial charge in [0.1, 0.15) is 0 Å². The van der Waals surface area contributed by atoms with Crippen molar-refractivity contribution in [1.29, 1.82) is 0 Å². The van der Waals surface area contributed by atoms with Crippen molar-refractivity contribution in [2.45, 2.75) is 62.8 Å². The summed E-state index contributed by atoms with van der Waals surface area (Å²) in [4.78, 5) is 7.57. The van der Waals surface area contributed by atoms with Gasteiger partial charge in [0.15, 0.2) is 5.96 Å². The summed E-state index contributed by atoms with van der Waals surface area (Å²) < 4.78 is 0.